The highest BCUT2D eigenvalue weighted by atomic mass is 16.5. The molecule has 0 saturated carbocycles. The Kier molecular flexibility index (Phi) is 6.70. The minimum Gasteiger partial charge on any atom is -0.381 e. The summed E-state index contributed by atoms with van der Waals surface area (Å²) in [6, 6.07) is 0. The number of carbonyl (C=O) groups excluding carboxylic acids is 3. The second-order valence-electron chi connectivity index (χ2n) is 8.79. The molecule has 4 aliphatic rings. The third-order valence-corrected chi connectivity index (χ3v) is 6.86. The minimum absolute atomic E-state index is 0.0947. The van der Waals surface area contributed by atoms with Crippen LogP contribution in [0.15, 0.2) is 0 Å². The lowest BCUT2D eigenvalue weighted by molar-refractivity contribution is -0.140. The number of likely N-dealkylation sites (tertiary alicyclic amines) is 2. The number of morpholine rings is 1. The highest BCUT2D eigenvalue weighted by molar-refractivity contribution is 5.89. The minimum atomic E-state index is -0.212. The molecule has 0 aromatic heterocycles. The summed E-state index contributed by atoms with van der Waals surface area (Å²) < 4.78 is 10.7. The SMILES string of the molecule is O=C1CC(C(=O)N2CCOCC2)CN1CC1CCN(C(=O)C2CCOCC2)CC1. The first kappa shape index (κ1) is 20.6. The van der Waals surface area contributed by atoms with E-state index < -0.39 is 0 Å². The standard InChI is InChI=1S/C21H33N3O5/c25-19-13-18(21(27)23-7-11-29-12-8-23)15-24(19)14-16-1-5-22(6-2-16)20(26)17-3-9-28-10-4-17/h16-18H,1-15H2. The van der Waals surface area contributed by atoms with Crippen molar-refractivity contribution < 1.29 is 23.9 Å². The first-order valence-corrected chi connectivity index (χ1v) is 11.1. The van der Waals surface area contributed by atoms with Crippen LogP contribution in [0.4, 0.5) is 0 Å². The Hall–Kier alpha value is -1.67. The van der Waals surface area contributed by atoms with Crippen LogP contribution < -0.4 is 0 Å². The van der Waals surface area contributed by atoms with E-state index in [-0.39, 0.29) is 29.6 Å². The maximum absolute atomic E-state index is 12.7. The van der Waals surface area contributed by atoms with E-state index in [9.17, 15) is 14.4 Å². The second-order valence-corrected chi connectivity index (χ2v) is 8.79. The third-order valence-electron chi connectivity index (χ3n) is 6.86. The van der Waals surface area contributed by atoms with Gasteiger partial charge in [0.05, 0.1) is 19.1 Å². The van der Waals surface area contributed by atoms with Crippen LogP contribution in [0.2, 0.25) is 0 Å². The molecule has 0 aliphatic carbocycles. The van der Waals surface area contributed by atoms with Crippen LogP contribution in [0.5, 0.6) is 0 Å². The Labute approximate surface area is 172 Å². The molecule has 0 spiro atoms. The number of carbonyl (C=O) groups is 3. The van der Waals surface area contributed by atoms with Gasteiger partial charge >= 0.3 is 0 Å². The van der Waals surface area contributed by atoms with Gasteiger partial charge in [0, 0.05) is 64.8 Å². The summed E-state index contributed by atoms with van der Waals surface area (Å²) in [5.41, 5.74) is 0. The number of hydrogen-bond donors (Lipinski definition) is 0. The molecule has 0 aromatic carbocycles. The lowest BCUT2D eigenvalue weighted by Gasteiger charge is -2.36. The van der Waals surface area contributed by atoms with Crippen molar-refractivity contribution in [2.45, 2.75) is 32.1 Å². The maximum atomic E-state index is 12.7. The first-order chi connectivity index (χ1) is 14.1. The average molecular weight is 408 g/mol. The zero-order chi connectivity index (χ0) is 20.2. The summed E-state index contributed by atoms with van der Waals surface area (Å²) in [6.45, 7) is 6.61. The van der Waals surface area contributed by atoms with Gasteiger partial charge in [0.25, 0.3) is 0 Å². The zero-order valence-electron chi connectivity index (χ0n) is 17.2. The summed E-state index contributed by atoms with van der Waals surface area (Å²) in [7, 11) is 0. The average Bonchev–Trinajstić information content (AvgIpc) is 3.14. The molecule has 8 heteroatoms. The van der Waals surface area contributed by atoms with Gasteiger partial charge in [-0.25, -0.2) is 0 Å². The fourth-order valence-electron chi connectivity index (χ4n) is 5.01. The fourth-order valence-corrected chi connectivity index (χ4v) is 5.01. The lowest BCUT2D eigenvalue weighted by atomic mass is 9.93. The van der Waals surface area contributed by atoms with Crippen LogP contribution in [0.1, 0.15) is 32.1 Å². The van der Waals surface area contributed by atoms with Gasteiger partial charge in [0.15, 0.2) is 0 Å². The van der Waals surface area contributed by atoms with Crippen molar-refractivity contribution in [3.8, 4) is 0 Å². The number of amides is 3. The summed E-state index contributed by atoms with van der Waals surface area (Å²) in [5.74, 6) is 0.789. The highest BCUT2D eigenvalue weighted by Gasteiger charge is 2.38. The molecule has 29 heavy (non-hydrogen) atoms. The molecule has 4 saturated heterocycles. The van der Waals surface area contributed by atoms with Crippen LogP contribution in [0.25, 0.3) is 0 Å². The van der Waals surface area contributed by atoms with Crippen LogP contribution in [-0.4, -0.2) is 98.1 Å². The topological polar surface area (TPSA) is 79.4 Å². The van der Waals surface area contributed by atoms with Crippen LogP contribution in [-0.2, 0) is 23.9 Å². The lowest BCUT2D eigenvalue weighted by Crippen LogP contribution is -2.45. The number of piperidine rings is 1. The van der Waals surface area contributed by atoms with E-state index in [1.807, 2.05) is 14.7 Å². The maximum Gasteiger partial charge on any atom is 0.228 e. The van der Waals surface area contributed by atoms with Gasteiger partial charge in [0.2, 0.25) is 17.7 Å². The molecule has 1 atom stereocenters. The first-order valence-electron chi connectivity index (χ1n) is 11.1. The van der Waals surface area contributed by atoms with E-state index in [0.29, 0.717) is 64.9 Å². The normalized spacial score (nSPS) is 27.5. The summed E-state index contributed by atoms with van der Waals surface area (Å²) in [5, 5.41) is 0. The van der Waals surface area contributed by atoms with E-state index in [1.165, 1.54) is 0 Å². The van der Waals surface area contributed by atoms with Crippen molar-refractivity contribution in [1.29, 1.82) is 0 Å². The monoisotopic (exact) mass is 407 g/mol. The Morgan fingerprint density at radius 1 is 0.793 bits per heavy atom. The van der Waals surface area contributed by atoms with Gasteiger partial charge in [-0.1, -0.05) is 0 Å². The molecule has 4 aliphatic heterocycles. The molecular weight excluding hydrogens is 374 g/mol. The van der Waals surface area contributed by atoms with Crippen molar-refractivity contribution in [2.24, 2.45) is 17.8 Å². The molecule has 8 nitrogen and oxygen atoms in total. The van der Waals surface area contributed by atoms with E-state index in [1.54, 1.807) is 0 Å². The zero-order valence-corrected chi connectivity index (χ0v) is 17.2. The second kappa shape index (κ2) is 9.43. The van der Waals surface area contributed by atoms with Crippen molar-refractivity contribution in [3.05, 3.63) is 0 Å². The molecule has 4 rings (SSSR count). The predicted molar refractivity (Wildman–Crippen MR) is 105 cm³/mol. The molecule has 3 amide bonds. The van der Waals surface area contributed by atoms with E-state index in [2.05, 4.69) is 0 Å². The van der Waals surface area contributed by atoms with Gasteiger partial charge in [-0.05, 0) is 31.6 Å². The number of nitrogens with zero attached hydrogens (tertiary/aromatic N) is 3. The Balaban J connectivity index is 1.22. The summed E-state index contributed by atoms with van der Waals surface area (Å²) in [6.07, 6.45) is 3.86. The highest BCUT2D eigenvalue weighted by Crippen LogP contribution is 2.27. The number of hydrogen-bond acceptors (Lipinski definition) is 5. The molecule has 0 radical (unpaired) electrons. The van der Waals surface area contributed by atoms with Crippen LogP contribution in [0.3, 0.4) is 0 Å². The summed E-state index contributed by atoms with van der Waals surface area (Å²) >= 11 is 0. The van der Waals surface area contributed by atoms with Gasteiger partial charge in [-0.3, -0.25) is 14.4 Å². The van der Waals surface area contributed by atoms with Gasteiger partial charge in [0.1, 0.15) is 0 Å². The van der Waals surface area contributed by atoms with Crippen molar-refractivity contribution in [3.63, 3.8) is 0 Å². The molecule has 1 unspecified atom stereocenters. The molecule has 4 heterocycles. The van der Waals surface area contributed by atoms with Gasteiger partial charge in [-0.15, -0.1) is 0 Å². The molecule has 0 N–H and O–H groups in total. The van der Waals surface area contributed by atoms with E-state index >= 15 is 0 Å². The van der Waals surface area contributed by atoms with Crippen molar-refractivity contribution in [1.82, 2.24) is 14.7 Å². The Morgan fingerprint density at radius 2 is 1.38 bits per heavy atom. The number of ether oxygens (including phenoxy) is 2. The molecule has 4 fully saturated rings. The van der Waals surface area contributed by atoms with Gasteiger partial charge in [-0.2, -0.15) is 0 Å². The Morgan fingerprint density at radius 3 is 2.07 bits per heavy atom. The fraction of sp³-hybridized carbons (Fsp3) is 0.857. The van der Waals surface area contributed by atoms with Crippen LogP contribution >= 0.6 is 0 Å². The van der Waals surface area contributed by atoms with E-state index in [4.69, 9.17) is 9.47 Å². The predicted octanol–water partition coefficient (Wildman–Crippen LogP) is 0.359. The van der Waals surface area contributed by atoms with Crippen molar-refractivity contribution in [2.75, 3.05) is 65.7 Å². The molecule has 162 valence electrons. The van der Waals surface area contributed by atoms with Crippen LogP contribution in [0, 0.1) is 17.8 Å². The van der Waals surface area contributed by atoms with E-state index in [0.717, 1.165) is 38.8 Å². The quantitative estimate of drug-likeness (QED) is 0.672. The molecule has 0 aromatic rings. The number of rotatable bonds is 4. The summed E-state index contributed by atoms with van der Waals surface area (Å²) in [4.78, 5) is 43.6. The van der Waals surface area contributed by atoms with Gasteiger partial charge < -0.3 is 24.2 Å². The third kappa shape index (κ3) is 4.91. The van der Waals surface area contributed by atoms with Crippen molar-refractivity contribution >= 4 is 17.7 Å². The molecular formula is C21H33N3O5. The smallest absolute Gasteiger partial charge is 0.228 e. The Bertz CT molecular complexity index is 607. The molecule has 0 bridgehead atoms. The largest absolute Gasteiger partial charge is 0.381 e.